The van der Waals surface area contributed by atoms with Gasteiger partial charge in [0.1, 0.15) is 12.0 Å². The highest BCUT2D eigenvalue weighted by atomic mass is 16.6. The predicted octanol–water partition coefficient (Wildman–Crippen LogP) is 2.12. The van der Waals surface area contributed by atoms with Gasteiger partial charge in [-0.1, -0.05) is 12.2 Å². The van der Waals surface area contributed by atoms with Gasteiger partial charge in [0, 0.05) is 12.1 Å². The molecule has 0 fully saturated rings. The molecule has 0 saturated carbocycles. The molecule has 0 spiro atoms. The van der Waals surface area contributed by atoms with E-state index in [-0.39, 0.29) is 5.69 Å². The standard InChI is InChI=1S/C10H11N3O2/c14-13(15)9-5-6-10(11-7-9)12-8-3-1-2-4-8/h1-2,5-8H,3-4H2,(H,11,12). The summed E-state index contributed by atoms with van der Waals surface area (Å²) in [7, 11) is 0. The Morgan fingerprint density at radius 1 is 1.40 bits per heavy atom. The molecule has 2 rings (SSSR count). The maximum atomic E-state index is 10.4. The van der Waals surface area contributed by atoms with Crippen LogP contribution in [-0.4, -0.2) is 15.9 Å². The van der Waals surface area contributed by atoms with E-state index in [1.807, 2.05) is 0 Å². The molecule has 0 aliphatic heterocycles. The molecule has 1 N–H and O–H groups in total. The lowest BCUT2D eigenvalue weighted by Gasteiger charge is -2.11. The maximum Gasteiger partial charge on any atom is 0.287 e. The van der Waals surface area contributed by atoms with Crippen molar-refractivity contribution in [3.05, 3.63) is 40.6 Å². The third-order valence-corrected chi connectivity index (χ3v) is 2.32. The monoisotopic (exact) mass is 205 g/mol. The van der Waals surface area contributed by atoms with Crippen molar-refractivity contribution in [1.82, 2.24) is 4.98 Å². The minimum atomic E-state index is -0.450. The second-order valence-electron chi connectivity index (χ2n) is 3.44. The average Bonchev–Trinajstić information content (AvgIpc) is 2.71. The van der Waals surface area contributed by atoms with Gasteiger partial charge in [-0.3, -0.25) is 10.1 Å². The number of aromatic nitrogens is 1. The Morgan fingerprint density at radius 2 is 2.13 bits per heavy atom. The largest absolute Gasteiger partial charge is 0.367 e. The normalized spacial score (nSPS) is 15.5. The molecule has 5 heteroatoms. The fraction of sp³-hybridized carbons (Fsp3) is 0.300. The number of nitrogens with one attached hydrogen (secondary N) is 1. The molecule has 1 aromatic rings. The first kappa shape index (κ1) is 9.64. The summed E-state index contributed by atoms with van der Waals surface area (Å²) in [6.07, 6.45) is 7.47. The summed E-state index contributed by atoms with van der Waals surface area (Å²) in [4.78, 5) is 13.9. The smallest absolute Gasteiger partial charge is 0.287 e. The number of hydrogen-bond donors (Lipinski definition) is 1. The third-order valence-electron chi connectivity index (χ3n) is 2.32. The predicted molar refractivity (Wildman–Crippen MR) is 56.7 cm³/mol. The SMILES string of the molecule is O=[N+]([O-])c1ccc(NC2CC=CC2)nc1. The Hall–Kier alpha value is -1.91. The van der Waals surface area contributed by atoms with Crippen molar-refractivity contribution in [1.29, 1.82) is 0 Å². The van der Waals surface area contributed by atoms with E-state index in [9.17, 15) is 10.1 Å². The van der Waals surface area contributed by atoms with Crippen molar-refractivity contribution in [3.63, 3.8) is 0 Å². The second kappa shape index (κ2) is 4.08. The van der Waals surface area contributed by atoms with Gasteiger partial charge in [-0.25, -0.2) is 4.98 Å². The summed E-state index contributed by atoms with van der Waals surface area (Å²) in [6, 6.07) is 3.47. The van der Waals surface area contributed by atoms with Crippen LogP contribution in [0.3, 0.4) is 0 Å². The summed E-state index contributed by atoms with van der Waals surface area (Å²) in [5, 5.41) is 13.6. The molecule has 1 aromatic heterocycles. The number of rotatable bonds is 3. The Labute approximate surface area is 87.0 Å². The van der Waals surface area contributed by atoms with E-state index in [4.69, 9.17) is 0 Å². The van der Waals surface area contributed by atoms with Crippen LogP contribution < -0.4 is 5.32 Å². The van der Waals surface area contributed by atoms with Crippen molar-refractivity contribution in [2.75, 3.05) is 5.32 Å². The van der Waals surface area contributed by atoms with Crippen LogP contribution >= 0.6 is 0 Å². The topological polar surface area (TPSA) is 68.1 Å². The first-order valence-electron chi connectivity index (χ1n) is 4.77. The van der Waals surface area contributed by atoms with E-state index in [0.717, 1.165) is 12.8 Å². The van der Waals surface area contributed by atoms with E-state index in [2.05, 4.69) is 22.5 Å². The average molecular weight is 205 g/mol. The molecule has 1 heterocycles. The molecule has 0 unspecified atom stereocenters. The fourth-order valence-corrected chi connectivity index (χ4v) is 1.52. The molecule has 0 radical (unpaired) electrons. The van der Waals surface area contributed by atoms with E-state index >= 15 is 0 Å². The second-order valence-corrected chi connectivity index (χ2v) is 3.44. The van der Waals surface area contributed by atoms with Gasteiger partial charge in [-0.05, 0) is 18.9 Å². The Kier molecular flexibility index (Phi) is 2.62. The van der Waals surface area contributed by atoms with Gasteiger partial charge in [0.25, 0.3) is 5.69 Å². The van der Waals surface area contributed by atoms with E-state index < -0.39 is 4.92 Å². The summed E-state index contributed by atoms with van der Waals surface area (Å²) in [5.41, 5.74) is 0.0186. The van der Waals surface area contributed by atoms with Gasteiger partial charge in [-0.15, -0.1) is 0 Å². The van der Waals surface area contributed by atoms with Crippen LogP contribution in [0.4, 0.5) is 11.5 Å². The molecule has 1 aliphatic rings. The Bertz CT molecular complexity index is 378. The van der Waals surface area contributed by atoms with Crippen molar-refractivity contribution < 1.29 is 4.92 Å². The summed E-state index contributed by atoms with van der Waals surface area (Å²) in [5.74, 6) is 0.689. The molecule has 0 aromatic carbocycles. The number of nitrogens with zero attached hydrogens (tertiary/aromatic N) is 2. The quantitative estimate of drug-likeness (QED) is 0.466. The minimum Gasteiger partial charge on any atom is -0.367 e. The van der Waals surface area contributed by atoms with Crippen LogP contribution in [-0.2, 0) is 0 Å². The Balaban J connectivity index is 2.00. The molecule has 1 aliphatic carbocycles. The van der Waals surface area contributed by atoms with E-state index in [1.165, 1.54) is 12.3 Å². The molecule has 0 bridgehead atoms. The van der Waals surface area contributed by atoms with Crippen molar-refractivity contribution in [2.24, 2.45) is 0 Å². The number of nitro groups is 1. The third kappa shape index (κ3) is 2.31. The fourth-order valence-electron chi connectivity index (χ4n) is 1.52. The highest BCUT2D eigenvalue weighted by Crippen LogP contribution is 2.17. The Morgan fingerprint density at radius 3 is 2.67 bits per heavy atom. The zero-order valence-electron chi connectivity index (χ0n) is 8.09. The van der Waals surface area contributed by atoms with Gasteiger partial charge in [0.2, 0.25) is 0 Å². The zero-order chi connectivity index (χ0) is 10.7. The van der Waals surface area contributed by atoms with Crippen LogP contribution in [0.1, 0.15) is 12.8 Å². The van der Waals surface area contributed by atoms with Crippen molar-refractivity contribution in [2.45, 2.75) is 18.9 Å². The van der Waals surface area contributed by atoms with Crippen LogP contribution in [0.25, 0.3) is 0 Å². The van der Waals surface area contributed by atoms with E-state index in [1.54, 1.807) is 6.07 Å². The van der Waals surface area contributed by atoms with Crippen molar-refractivity contribution >= 4 is 11.5 Å². The van der Waals surface area contributed by atoms with E-state index in [0.29, 0.717) is 11.9 Å². The lowest BCUT2D eigenvalue weighted by molar-refractivity contribution is -0.385. The number of hydrogen-bond acceptors (Lipinski definition) is 4. The summed E-state index contributed by atoms with van der Waals surface area (Å²) in [6.45, 7) is 0. The van der Waals surface area contributed by atoms with Gasteiger partial charge in [0.15, 0.2) is 0 Å². The number of pyridine rings is 1. The molecule has 0 atom stereocenters. The molecule has 0 amide bonds. The first-order valence-corrected chi connectivity index (χ1v) is 4.77. The molecule has 0 saturated heterocycles. The molecular weight excluding hydrogens is 194 g/mol. The van der Waals surface area contributed by atoms with Crippen LogP contribution in [0.5, 0.6) is 0 Å². The lowest BCUT2D eigenvalue weighted by atomic mass is 10.2. The molecule has 78 valence electrons. The highest BCUT2D eigenvalue weighted by molar-refractivity contribution is 5.41. The molecular formula is C10H11N3O2. The van der Waals surface area contributed by atoms with Gasteiger partial charge < -0.3 is 5.32 Å². The molecule has 15 heavy (non-hydrogen) atoms. The van der Waals surface area contributed by atoms with Crippen LogP contribution in [0.2, 0.25) is 0 Å². The lowest BCUT2D eigenvalue weighted by Crippen LogP contribution is -2.15. The van der Waals surface area contributed by atoms with Gasteiger partial charge in [0.05, 0.1) is 4.92 Å². The summed E-state index contributed by atoms with van der Waals surface area (Å²) >= 11 is 0. The zero-order valence-corrected chi connectivity index (χ0v) is 8.09. The van der Waals surface area contributed by atoms with Crippen LogP contribution in [0, 0.1) is 10.1 Å². The van der Waals surface area contributed by atoms with Gasteiger partial charge >= 0.3 is 0 Å². The molecule has 5 nitrogen and oxygen atoms in total. The van der Waals surface area contributed by atoms with Crippen molar-refractivity contribution in [3.8, 4) is 0 Å². The number of anilines is 1. The van der Waals surface area contributed by atoms with Gasteiger partial charge in [-0.2, -0.15) is 0 Å². The highest BCUT2D eigenvalue weighted by Gasteiger charge is 2.11. The first-order chi connectivity index (χ1) is 7.25. The summed E-state index contributed by atoms with van der Waals surface area (Å²) < 4.78 is 0. The maximum absolute atomic E-state index is 10.4. The van der Waals surface area contributed by atoms with Crippen LogP contribution in [0.15, 0.2) is 30.5 Å². The minimum absolute atomic E-state index is 0.0186.